The molecular weight excluding hydrogens is 438 g/mol. The van der Waals surface area contributed by atoms with Crippen molar-refractivity contribution >= 4 is 29.6 Å². The summed E-state index contributed by atoms with van der Waals surface area (Å²) in [4.78, 5) is 58.7. The number of ether oxygens (including phenoxy) is 1. The highest BCUT2D eigenvalue weighted by atomic mass is 16.6. The molecule has 0 radical (unpaired) electrons. The maximum Gasteiger partial charge on any atom is 0.410 e. The molecule has 3 heterocycles. The number of nitrogens with one attached hydrogen (secondary N) is 1. The topological polar surface area (TPSA) is 135 Å². The molecule has 0 unspecified atom stereocenters. The number of likely N-dealkylation sites (N-methyl/N-ethyl adjacent to an activating group) is 1. The van der Waals surface area contributed by atoms with E-state index in [1.807, 2.05) is 0 Å². The van der Waals surface area contributed by atoms with Gasteiger partial charge in [0.05, 0.1) is 5.41 Å². The van der Waals surface area contributed by atoms with Crippen molar-refractivity contribution in [2.75, 3.05) is 18.8 Å². The van der Waals surface area contributed by atoms with Gasteiger partial charge in [0, 0.05) is 29.4 Å². The van der Waals surface area contributed by atoms with Gasteiger partial charge in [-0.25, -0.2) is 9.78 Å². The normalized spacial score (nSPS) is 24.5. The first-order valence-electron chi connectivity index (χ1n) is 12.7. The molecule has 1 spiro atoms. The molecule has 1 fully saturated rings. The number of amides is 4. The summed E-state index contributed by atoms with van der Waals surface area (Å²) in [6, 6.07) is 0.612. The van der Waals surface area contributed by atoms with E-state index in [-0.39, 0.29) is 19.4 Å². The van der Waals surface area contributed by atoms with Crippen molar-refractivity contribution in [2.24, 2.45) is 11.1 Å². The van der Waals surface area contributed by atoms with E-state index in [1.165, 1.54) is 6.20 Å². The van der Waals surface area contributed by atoms with Crippen LogP contribution in [0.15, 0.2) is 18.3 Å². The summed E-state index contributed by atoms with van der Waals surface area (Å²) in [6.45, 7) is 6.88. The molecule has 3 rings (SSSR count). The Morgan fingerprint density at radius 2 is 2.03 bits per heavy atom. The second kappa shape index (κ2) is 8.56. The number of anilines is 1. The van der Waals surface area contributed by atoms with Crippen LogP contribution in [-0.4, -0.2) is 69.8 Å². The fourth-order valence-electron chi connectivity index (χ4n) is 4.49. The Bertz CT molecular complexity index is 1110. The highest BCUT2D eigenvalue weighted by molar-refractivity contribution is 6.07. The van der Waals surface area contributed by atoms with Crippen molar-refractivity contribution in [3.63, 3.8) is 0 Å². The minimum Gasteiger partial charge on any atom is -0.444 e. The predicted molar refractivity (Wildman–Crippen MR) is 126 cm³/mol. The van der Waals surface area contributed by atoms with Gasteiger partial charge in [-0.15, -0.1) is 0 Å². The number of primary amides is 1. The molecule has 2 aliphatic heterocycles. The first-order chi connectivity index (χ1) is 16.8. The summed E-state index contributed by atoms with van der Waals surface area (Å²) >= 11 is 0. The van der Waals surface area contributed by atoms with E-state index in [4.69, 9.17) is 14.6 Å². The molecule has 4 amide bonds. The Hall–Kier alpha value is -3.17. The minimum absolute atomic E-state index is 0.0528. The molecule has 3 atom stereocenters. The van der Waals surface area contributed by atoms with Crippen LogP contribution in [-0.2, 0) is 24.5 Å². The molecule has 0 saturated carbocycles. The number of fused-ring (bicyclic) bond motifs is 2. The summed E-state index contributed by atoms with van der Waals surface area (Å²) in [5.41, 5.74) is 3.28. The SMILES string of the molecule is [2H]C([2H])([2H])N(C(=O)OC(C)(C)C)[C@@H](CC(C)(C)C)C(=O)N1C[C@]2(C[C@H]1C(N)=O)C(=O)Nc1ncccc12. The van der Waals surface area contributed by atoms with Crippen molar-refractivity contribution in [2.45, 2.75) is 77.5 Å². The number of aromatic nitrogens is 1. The fraction of sp³-hybridized carbons (Fsp3) is 0.625. The second-order valence-electron chi connectivity index (χ2n) is 11.2. The zero-order valence-electron chi connectivity index (χ0n) is 23.5. The summed E-state index contributed by atoms with van der Waals surface area (Å²) in [6.07, 6.45) is 0.174. The highest BCUT2D eigenvalue weighted by Gasteiger charge is 2.58. The van der Waals surface area contributed by atoms with Gasteiger partial charge < -0.3 is 20.7 Å². The van der Waals surface area contributed by atoms with Crippen LogP contribution in [0.5, 0.6) is 0 Å². The average Bonchev–Trinajstić information content (AvgIpc) is 3.23. The Morgan fingerprint density at radius 1 is 1.35 bits per heavy atom. The van der Waals surface area contributed by atoms with E-state index in [1.54, 1.807) is 53.7 Å². The third-order valence-electron chi connectivity index (χ3n) is 5.95. The van der Waals surface area contributed by atoms with Gasteiger partial charge in [0.25, 0.3) is 0 Å². The maximum absolute atomic E-state index is 14.1. The minimum atomic E-state index is -3.03. The van der Waals surface area contributed by atoms with Crippen molar-refractivity contribution in [1.29, 1.82) is 0 Å². The Kier molecular flexibility index (Phi) is 5.38. The maximum atomic E-state index is 14.1. The smallest absolute Gasteiger partial charge is 0.410 e. The molecule has 0 aromatic carbocycles. The van der Waals surface area contributed by atoms with E-state index < -0.39 is 59.3 Å². The van der Waals surface area contributed by atoms with Crippen LogP contribution in [0.3, 0.4) is 0 Å². The van der Waals surface area contributed by atoms with Gasteiger partial charge in [-0.3, -0.25) is 19.3 Å². The Balaban J connectivity index is 2.09. The summed E-state index contributed by atoms with van der Waals surface area (Å²) in [7, 11) is 0. The van der Waals surface area contributed by atoms with Gasteiger partial charge >= 0.3 is 6.09 Å². The van der Waals surface area contributed by atoms with E-state index in [9.17, 15) is 19.2 Å². The number of hydrogen-bond donors (Lipinski definition) is 2. The number of likely N-dealkylation sites (tertiary alicyclic amines) is 1. The van der Waals surface area contributed by atoms with Gasteiger partial charge in [0.2, 0.25) is 17.7 Å². The molecule has 1 saturated heterocycles. The van der Waals surface area contributed by atoms with Gasteiger partial charge in [0.1, 0.15) is 23.5 Å². The third-order valence-corrected chi connectivity index (χ3v) is 5.95. The van der Waals surface area contributed by atoms with E-state index >= 15 is 0 Å². The molecule has 0 aliphatic carbocycles. The van der Waals surface area contributed by atoms with Crippen LogP contribution in [0.2, 0.25) is 0 Å². The number of carbonyl (C=O) groups is 4. The number of rotatable bonds is 4. The molecule has 1 aromatic heterocycles. The lowest BCUT2D eigenvalue weighted by molar-refractivity contribution is -0.142. The van der Waals surface area contributed by atoms with E-state index in [2.05, 4.69) is 10.3 Å². The monoisotopic (exact) mass is 476 g/mol. The van der Waals surface area contributed by atoms with Crippen LogP contribution in [0.1, 0.15) is 64.1 Å². The summed E-state index contributed by atoms with van der Waals surface area (Å²) in [5.74, 6) is -1.76. The van der Waals surface area contributed by atoms with Gasteiger partial charge in [-0.2, -0.15) is 0 Å². The number of hydrogen-bond acceptors (Lipinski definition) is 6. The third kappa shape index (κ3) is 4.85. The lowest BCUT2D eigenvalue weighted by atomic mass is 9.80. The largest absolute Gasteiger partial charge is 0.444 e. The molecule has 34 heavy (non-hydrogen) atoms. The molecule has 3 N–H and O–H groups in total. The predicted octanol–water partition coefficient (Wildman–Crippen LogP) is 2.03. The molecule has 1 aromatic rings. The first kappa shape index (κ1) is 21.4. The molecular formula is C24H35N5O5. The molecule has 10 nitrogen and oxygen atoms in total. The molecule has 10 heteroatoms. The number of nitrogens with two attached hydrogens (primary N) is 1. The quantitative estimate of drug-likeness (QED) is 0.683. The Labute approximate surface area is 204 Å². The van der Waals surface area contributed by atoms with Crippen molar-refractivity contribution in [3.05, 3.63) is 23.9 Å². The van der Waals surface area contributed by atoms with Gasteiger partial charge in [-0.1, -0.05) is 26.8 Å². The molecule has 2 aliphatic rings. The van der Waals surface area contributed by atoms with E-state index in [0.29, 0.717) is 16.3 Å². The fourth-order valence-corrected chi connectivity index (χ4v) is 4.49. The zero-order chi connectivity index (χ0) is 28.1. The number of carbonyl (C=O) groups excluding carboxylic acids is 4. The summed E-state index contributed by atoms with van der Waals surface area (Å²) < 4.78 is 29.6. The highest BCUT2D eigenvalue weighted by Crippen LogP contribution is 2.46. The number of nitrogens with zero attached hydrogens (tertiary/aromatic N) is 3. The standard InChI is InChI=1S/C24H35N5O5/c1-22(2,3)11-16(28(7)21(33)34-23(4,5)6)19(31)29-13-24(12-15(29)17(25)30)14-9-8-10-26-18(14)27-20(24)32/h8-10,15-16H,11-13H2,1-7H3,(H2,25,30)(H,26,27,32)/t15-,16-,24-/m0/s1/i7D3. The Morgan fingerprint density at radius 3 is 2.59 bits per heavy atom. The molecule has 0 bridgehead atoms. The van der Waals surface area contributed by atoms with Crippen LogP contribution in [0.4, 0.5) is 10.6 Å². The van der Waals surface area contributed by atoms with Crippen LogP contribution < -0.4 is 11.1 Å². The van der Waals surface area contributed by atoms with Crippen molar-refractivity contribution in [3.8, 4) is 0 Å². The van der Waals surface area contributed by atoms with Crippen molar-refractivity contribution < 1.29 is 28.0 Å². The van der Waals surface area contributed by atoms with E-state index in [0.717, 1.165) is 4.90 Å². The lowest BCUT2D eigenvalue weighted by Crippen LogP contribution is -2.55. The van der Waals surface area contributed by atoms with Crippen LogP contribution in [0, 0.1) is 5.41 Å². The lowest BCUT2D eigenvalue weighted by Gasteiger charge is -2.36. The van der Waals surface area contributed by atoms with Crippen LogP contribution >= 0.6 is 0 Å². The second-order valence-corrected chi connectivity index (χ2v) is 11.2. The van der Waals surface area contributed by atoms with Crippen LogP contribution in [0.25, 0.3) is 0 Å². The zero-order valence-corrected chi connectivity index (χ0v) is 20.5. The van der Waals surface area contributed by atoms with Crippen molar-refractivity contribution in [1.82, 2.24) is 14.8 Å². The number of pyridine rings is 1. The first-order valence-corrected chi connectivity index (χ1v) is 11.2. The summed E-state index contributed by atoms with van der Waals surface area (Å²) in [5, 5.41) is 2.69. The average molecular weight is 477 g/mol. The van der Waals surface area contributed by atoms with Gasteiger partial charge in [-0.05, 0) is 45.1 Å². The van der Waals surface area contributed by atoms with Gasteiger partial charge in [0.15, 0.2) is 0 Å². The molecule has 186 valence electrons.